The number of nitrogens with one attached hydrogen (secondary N) is 2. The largest absolute Gasteiger partial charge is 0.550 e. The van der Waals surface area contributed by atoms with E-state index in [0.29, 0.717) is 4.90 Å². The molecule has 5 nitrogen and oxygen atoms in total. The number of carbonyl (C=O) groups is 1. The Hall–Kier alpha value is -2.40. The summed E-state index contributed by atoms with van der Waals surface area (Å²) in [5.41, 5.74) is 0. The summed E-state index contributed by atoms with van der Waals surface area (Å²) in [5.74, 6) is -101. The molecule has 0 spiro atoms. The van der Waals surface area contributed by atoms with E-state index >= 15 is 0 Å². The number of hydrogen-bond donors (Lipinski definition) is 3. The molecule has 53 heavy (non-hydrogen) atoms. The van der Waals surface area contributed by atoms with Gasteiger partial charge in [-0.1, -0.05) is 0 Å². The molecule has 0 fully saturated rings. The second-order valence-corrected chi connectivity index (χ2v) is 11.1. The van der Waals surface area contributed by atoms with Gasteiger partial charge in [-0.2, -0.15) is 110 Å². The van der Waals surface area contributed by atoms with Crippen molar-refractivity contribution in [3.63, 3.8) is 0 Å². The summed E-state index contributed by atoms with van der Waals surface area (Å²) in [6, 6.07) is 0. The molecule has 0 aliphatic heterocycles. The van der Waals surface area contributed by atoms with Gasteiger partial charge in [0, 0.05) is 38.3 Å². The molecule has 0 rings (SSSR count). The van der Waals surface area contributed by atoms with E-state index < -0.39 is 109 Å². The standard InChI is InChI=1S/C23H23F25N2O3/c1-2-50(7-4-11(52)53)6-3-5-49-9-10(51)8-12(24,25)13(26,27)14(28,29)15(30,31)16(32,33)17(34,35)18(36,37)19(38,39)20(40,41)21(42,43)22(44,45)23(46,47)48/h10,49,51H,2-9H2,1H3,(H,52,53). The Bertz CT molecular complexity index is 1240. The van der Waals surface area contributed by atoms with E-state index in [-0.39, 0.29) is 26.1 Å². The van der Waals surface area contributed by atoms with Gasteiger partial charge in [-0.15, -0.1) is 0 Å². The third kappa shape index (κ3) is 8.27. The first-order valence-electron chi connectivity index (χ1n) is 13.6. The number of aliphatic hydroxyl groups excluding tert-OH is 1. The van der Waals surface area contributed by atoms with E-state index in [2.05, 4.69) is 0 Å². The van der Waals surface area contributed by atoms with Crippen LogP contribution in [0, 0.1) is 0 Å². The van der Waals surface area contributed by atoms with Gasteiger partial charge in [0.15, 0.2) is 0 Å². The molecule has 0 aromatic carbocycles. The molecular formula is C23H23F25N2O3. The maximum atomic E-state index is 14.1. The maximum absolute atomic E-state index is 14.1. The van der Waals surface area contributed by atoms with Gasteiger partial charge in [0.2, 0.25) is 0 Å². The minimum atomic E-state index is -9.65. The fourth-order valence-electron chi connectivity index (χ4n) is 3.97. The first-order valence-corrected chi connectivity index (χ1v) is 13.6. The van der Waals surface area contributed by atoms with E-state index in [4.69, 9.17) is 0 Å². The number of aliphatic hydroxyl groups is 1. The fourth-order valence-corrected chi connectivity index (χ4v) is 3.97. The van der Waals surface area contributed by atoms with Crippen LogP contribution in [0.3, 0.4) is 0 Å². The van der Waals surface area contributed by atoms with Crippen molar-refractivity contribution in [3.8, 4) is 0 Å². The molecule has 0 aromatic rings. The first kappa shape index (κ1) is 50.6. The Morgan fingerprint density at radius 2 is 0.887 bits per heavy atom. The molecule has 0 bridgehead atoms. The van der Waals surface area contributed by atoms with Crippen LogP contribution in [0.2, 0.25) is 0 Å². The van der Waals surface area contributed by atoms with Gasteiger partial charge in [0.05, 0.1) is 25.7 Å². The molecule has 0 aromatic heterocycles. The smallest absolute Gasteiger partial charge is 0.460 e. The maximum Gasteiger partial charge on any atom is 0.460 e. The normalized spacial score (nSPS) is 16.9. The minimum absolute atomic E-state index is 0.0179. The van der Waals surface area contributed by atoms with Gasteiger partial charge in [0.1, 0.15) is 0 Å². The first-order chi connectivity index (χ1) is 23.0. The summed E-state index contributed by atoms with van der Waals surface area (Å²) in [7, 11) is 0. The average Bonchev–Trinajstić information content (AvgIpc) is 2.96. The predicted molar refractivity (Wildman–Crippen MR) is 119 cm³/mol. The summed E-state index contributed by atoms with van der Waals surface area (Å²) in [4.78, 5) is 11.0. The molecule has 2 atom stereocenters. The van der Waals surface area contributed by atoms with Gasteiger partial charge in [-0.3, -0.25) is 0 Å². The number of carbonyl (C=O) groups excluding carboxylic acids is 1. The SMILES string of the molecule is CC[NH+](CCCNCC(O)CC(F)(F)C(F)(F)C(F)(F)C(F)(F)C(F)(F)C(F)(F)C(F)(F)C(F)(F)C(F)(F)C(F)(F)C(F)(F)C(F)(F)F)CCC(=O)[O-]. The van der Waals surface area contributed by atoms with Gasteiger partial charge in [-0.05, 0) is 6.92 Å². The summed E-state index contributed by atoms with van der Waals surface area (Å²) >= 11 is 0. The molecule has 0 aliphatic rings. The van der Waals surface area contributed by atoms with Gasteiger partial charge < -0.3 is 25.2 Å². The van der Waals surface area contributed by atoms with E-state index in [9.17, 15) is 125 Å². The highest BCUT2D eigenvalue weighted by Crippen LogP contribution is 2.67. The molecule has 0 radical (unpaired) electrons. The highest BCUT2D eigenvalue weighted by molar-refractivity contribution is 5.64. The van der Waals surface area contributed by atoms with Gasteiger partial charge in [0.25, 0.3) is 0 Å². The lowest BCUT2D eigenvalue weighted by Gasteiger charge is -2.45. The predicted octanol–water partition coefficient (Wildman–Crippen LogP) is 5.31. The Morgan fingerprint density at radius 1 is 0.566 bits per heavy atom. The lowest BCUT2D eigenvalue weighted by Crippen LogP contribution is -3.12. The van der Waals surface area contributed by atoms with E-state index in [1.54, 1.807) is 6.92 Å². The van der Waals surface area contributed by atoms with Crippen LogP contribution < -0.4 is 15.3 Å². The number of quaternary nitrogens is 1. The van der Waals surface area contributed by atoms with Crippen molar-refractivity contribution in [1.82, 2.24) is 5.32 Å². The second-order valence-electron chi connectivity index (χ2n) is 11.1. The molecule has 3 N–H and O–H groups in total. The van der Waals surface area contributed by atoms with E-state index in [0.717, 1.165) is 0 Å². The number of hydrogen-bond acceptors (Lipinski definition) is 4. The van der Waals surface area contributed by atoms with Crippen LogP contribution in [-0.2, 0) is 4.79 Å². The Kier molecular flexibility index (Phi) is 14.6. The minimum Gasteiger partial charge on any atom is -0.550 e. The fraction of sp³-hybridized carbons (Fsp3) is 0.957. The van der Waals surface area contributed by atoms with Crippen molar-refractivity contribution < 1.29 is 130 Å². The van der Waals surface area contributed by atoms with Crippen LogP contribution in [0.15, 0.2) is 0 Å². The third-order valence-electron chi connectivity index (χ3n) is 7.30. The summed E-state index contributed by atoms with van der Waals surface area (Å²) in [5, 5.41) is 21.9. The van der Waals surface area contributed by atoms with Crippen molar-refractivity contribution >= 4 is 5.97 Å². The van der Waals surface area contributed by atoms with Crippen LogP contribution >= 0.6 is 0 Å². The number of rotatable bonds is 22. The number of carboxylic acid groups (broad SMARTS) is 1. The molecule has 0 saturated heterocycles. The summed E-state index contributed by atoms with van der Waals surface area (Å²) in [6.45, 7) is 0.0942. The monoisotopic (exact) mass is 850 g/mol. The molecule has 0 heterocycles. The average molecular weight is 850 g/mol. The Balaban J connectivity index is 6.50. The zero-order chi connectivity index (χ0) is 43.1. The van der Waals surface area contributed by atoms with E-state index in [1.165, 1.54) is 0 Å². The van der Waals surface area contributed by atoms with Crippen molar-refractivity contribution in [3.05, 3.63) is 0 Å². The van der Waals surface area contributed by atoms with E-state index in [1.807, 2.05) is 5.32 Å². The van der Waals surface area contributed by atoms with Crippen molar-refractivity contribution in [2.75, 3.05) is 32.7 Å². The zero-order valence-corrected chi connectivity index (χ0v) is 25.4. The molecule has 318 valence electrons. The summed E-state index contributed by atoms with van der Waals surface area (Å²) in [6.07, 6.45) is -15.0. The van der Waals surface area contributed by atoms with Gasteiger partial charge in [-0.25, -0.2) is 0 Å². The lowest BCUT2D eigenvalue weighted by molar-refractivity contribution is -0.898. The molecule has 0 aliphatic carbocycles. The van der Waals surface area contributed by atoms with Crippen LogP contribution in [0.25, 0.3) is 0 Å². The molecular weight excluding hydrogens is 827 g/mol. The summed E-state index contributed by atoms with van der Waals surface area (Å²) < 4.78 is 339. The Morgan fingerprint density at radius 3 is 1.19 bits per heavy atom. The van der Waals surface area contributed by atoms with Crippen molar-refractivity contribution in [2.45, 2.75) is 104 Å². The highest BCUT2D eigenvalue weighted by atomic mass is 19.4. The van der Waals surface area contributed by atoms with Gasteiger partial charge >= 0.3 is 71.3 Å². The Labute approximate surface area is 278 Å². The van der Waals surface area contributed by atoms with Crippen LogP contribution in [0.5, 0.6) is 0 Å². The third-order valence-corrected chi connectivity index (χ3v) is 7.30. The lowest BCUT2D eigenvalue weighted by atomic mass is 9.84. The second kappa shape index (κ2) is 15.3. The molecule has 0 amide bonds. The van der Waals surface area contributed by atoms with Crippen molar-refractivity contribution in [2.24, 2.45) is 0 Å². The molecule has 0 saturated carbocycles. The molecule has 30 heteroatoms. The quantitative estimate of drug-likeness (QED) is 0.102. The number of halogens is 25. The number of alkyl halides is 25. The van der Waals surface area contributed by atoms with Crippen LogP contribution in [-0.4, -0.2) is 121 Å². The molecule has 2 unspecified atom stereocenters. The van der Waals surface area contributed by atoms with Crippen molar-refractivity contribution in [1.29, 1.82) is 0 Å². The topological polar surface area (TPSA) is 76.8 Å². The zero-order valence-electron chi connectivity index (χ0n) is 25.4. The van der Waals surface area contributed by atoms with Crippen LogP contribution in [0.4, 0.5) is 110 Å². The number of carboxylic acids is 1. The number of aliphatic carboxylic acids is 1. The van der Waals surface area contributed by atoms with Crippen LogP contribution in [0.1, 0.15) is 26.2 Å². The highest BCUT2D eigenvalue weighted by Gasteiger charge is 2.99.